The first kappa shape index (κ1) is 15.1. The fourth-order valence-corrected chi connectivity index (χ4v) is 1.96. The fourth-order valence-electron chi connectivity index (χ4n) is 1.73. The predicted molar refractivity (Wildman–Crippen MR) is 78.1 cm³/mol. The highest BCUT2D eigenvalue weighted by molar-refractivity contribution is 6.33. The summed E-state index contributed by atoms with van der Waals surface area (Å²) >= 11 is 6.07. The molecule has 0 aliphatic rings. The molecule has 6 heteroatoms. The van der Waals surface area contributed by atoms with Crippen LogP contribution < -0.4 is 5.32 Å². The first-order valence-electron chi connectivity index (χ1n) is 6.31. The van der Waals surface area contributed by atoms with Crippen LogP contribution >= 0.6 is 11.6 Å². The Labute approximate surface area is 126 Å². The number of nitrogens with one attached hydrogen (secondary N) is 1. The molecule has 1 heterocycles. The number of hydrogen-bond acceptors (Lipinski definition) is 4. The molecule has 0 aliphatic heterocycles. The van der Waals surface area contributed by atoms with Crippen molar-refractivity contribution in [3.8, 4) is 11.3 Å². The number of rotatable bonds is 5. The van der Waals surface area contributed by atoms with E-state index in [9.17, 15) is 9.59 Å². The van der Waals surface area contributed by atoms with E-state index in [0.717, 1.165) is 0 Å². The fraction of sp³-hybridized carbons (Fsp3) is 0.200. The SMILES string of the molecule is COC(=O)CCNC(=O)c1ccc(-c2ccccc2Cl)o1. The van der Waals surface area contributed by atoms with Crippen LogP contribution in [0.25, 0.3) is 11.3 Å². The van der Waals surface area contributed by atoms with E-state index in [1.807, 2.05) is 12.1 Å². The van der Waals surface area contributed by atoms with Gasteiger partial charge in [0.15, 0.2) is 5.76 Å². The van der Waals surface area contributed by atoms with Crippen LogP contribution in [-0.4, -0.2) is 25.5 Å². The van der Waals surface area contributed by atoms with Crippen LogP contribution in [0.2, 0.25) is 5.02 Å². The summed E-state index contributed by atoms with van der Waals surface area (Å²) in [5.74, 6) is -0.0998. The van der Waals surface area contributed by atoms with Crippen molar-refractivity contribution in [2.75, 3.05) is 13.7 Å². The zero-order valence-corrected chi connectivity index (χ0v) is 12.1. The Bertz CT molecular complexity index is 651. The minimum atomic E-state index is -0.391. The van der Waals surface area contributed by atoms with Gasteiger partial charge in [-0.1, -0.05) is 23.7 Å². The summed E-state index contributed by atoms with van der Waals surface area (Å²) < 4.78 is 9.97. The lowest BCUT2D eigenvalue weighted by atomic mass is 10.2. The van der Waals surface area contributed by atoms with Crippen molar-refractivity contribution in [3.05, 3.63) is 47.2 Å². The van der Waals surface area contributed by atoms with E-state index >= 15 is 0 Å². The van der Waals surface area contributed by atoms with Crippen LogP contribution in [0.5, 0.6) is 0 Å². The largest absolute Gasteiger partial charge is 0.469 e. The normalized spacial score (nSPS) is 10.2. The zero-order chi connectivity index (χ0) is 15.2. The zero-order valence-electron chi connectivity index (χ0n) is 11.4. The maximum atomic E-state index is 11.9. The lowest BCUT2D eigenvalue weighted by Gasteiger charge is -2.02. The summed E-state index contributed by atoms with van der Waals surface area (Å²) in [7, 11) is 1.30. The number of methoxy groups -OCH3 is 1. The molecular formula is C15H14ClNO4. The molecule has 1 aromatic heterocycles. The van der Waals surface area contributed by atoms with Crippen molar-refractivity contribution in [3.63, 3.8) is 0 Å². The van der Waals surface area contributed by atoms with E-state index in [-0.39, 0.29) is 24.7 Å². The van der Waals surface area contributed by atoms with Gasteiger partial charge in [-0.25, -0.2) is 0 Å². The maximum Gasteiger partial charge on any atom is 0.307 e. The van der Waals surface area contributed by atoms with E-state index in [1.54, 1.807) is 24.3 Å². The second kappa shape index (κ2) is 6.95. The van der Waals surface area contributed by atoms with Gasteiger partial charge in [-0.05, 0) is 24.3 Å². The number of amides is 1. The molecule has 1 N–H and O–H groups in total. The highest BCUT2D eigenvalue weighted by atomic mass is 35.5. The third-order valence-electron chi connectivity index (χ3n) is 2.81. The molecule has 5 nitrogen and oxygen atoms in total. The summed E-state index contributed by atoms with van der Waals surface area (Å²) in [6, 6.07) is 10.4. The molecule has 21 heavy (non-hydrogen) atoms. The van der Waals surface area contributed by atoms with Gasteiger partial charge in [0.05, 0.1) is 18.6 Å². The Kier molecular flexibility index (Phi) is 5.00. The van der Waals surface area contributed by atoms with Gasteiger partial charge >= 0.3 is 5.97 Å². The number of esters is 1. The van der Waals surface area contributed by atoms with E-state index in [4.69, 9.17) is 16.0 Å². The van der Waals surface area contributed by atoms with Gasteiger partial charge in [-0.3, -0.25) is 9.59 Å². The molecule has 0 atom stereocenters. The highest BCUT2D eigenvalue weighted by Gasteiger charge is 2.13. The standard InChI is InChI=1S/C15H14ClNO4/c1-20-14(18)8-9-17-15(19)13-7-6-12(21-13)10-4-2-3-5-11(10)16/h2-7H,8-9H2,1H3,(H,17,19). The Balaban J connectivity index is 2.01. The Morgan fingerprint density at radius 2 is 2.00 bits per heavy atom. The molecule has 0 radical (unpaired) electrons. The number of hydrogen-bond donors (Lipinski definition) is 1. The second-order valence-electron chi connectivity index (χ2n) is 4.23. The van der Waals surface area contributed by atoms with Crippen molar-refractivity contribution in [1.29, 1.82) is 0 Å². The van der Waals surface area contributed by atoms with Gasteiger partial charge in [0.2, 0.25) is 0 Å². The molecule has 110 valence electrons. The molecule has 0 saturated carbocycles. The van der Waals surface area contributed by atoms with E-state index < -0.39 is 5.91 Å². The van der Waals surface area contributed by atoms with Crippen molar-refractivity contribution in [2.24, 2.45) is 0 Å². The molecule has 0 aliphatic carbocycles. The lowest BCUT2D eigenvalue weighted by molar-refractivity contribution is -0.140. The van der Waals surface area contributed by atoms with Gasteiger partial charge in [-0.15, -0.1) is 0 Å². The number of furan rings is 1. The minimum absolute atomic E-state index is 0.111. The smallest absolute Gasteiger partial charge is 0.307 e. The summed E-state index contributed by atoms with van der Waals surface area (Å²) in [4.78, 5) is 22.8. The third kappa shape index (κ3) is 3.86. The quantitative estimate of drug-likeness (QED) is 0.862. The van der Waals surface area contributed by atoms with E-state index in [0.29, 0.717) is 16.3 Å². The number of ether oxygens (including phenoxy) is 1. The Morgan fingerprint density at radius 3 is 2.71 bits per heavy atom. The highest BCUT2D eigenvalue weighted by Crippen LogP contribution is 2.28. The summed E-state index contributed by atoms with van der Waals surface area (Å²) in [5, 5.41) is 3.12. The van der Waals surface area contributed by atoms with E-state index in [2.05, 4.69) is 10.1 Å². The van der Waals surface area contributed by atoms with Crippen molar-refractivity contribution in [2.45, 2.75) is 6.42 Å². The number of halogens is 1. The molecule has 2 aromatic rings. The maximum absolute atomic E-state index is 11.9. The topological polar surface area (TPSA) is 68.5 Å². The molecule has 0 spiro atoms. The first-order valence-corrected chi connectivity index (χ1v) is 6.69. The second-order valence-corrected chi connectivity index (χ2v) is 4.63. The molecule has 0 unspecified atom stereocenters. The Hall–Kier alpha value is -2.27. The number of carbonyl (C=O) groups is 2. The molecule has 1 amide bonds. The van der Waals surface area contributed by atoms with Crippen LogP contribution in [0.4, 0.5) is 0 Å². The molecule has 0 saturated heterocycles. The van der Waals surface area contributed by atoms with E-state index in [1.165, 1.54) is 7.11 Å². The molecule has 2 rings (SSSR count). The van der Waals surface area contributed by atoms with Crippen molar-refractivity contribution < 1.29 is 18.7 Å². The first-order chi connectivity index (χ1) is 10.1. The van der Waals surface area contributed by atoms with Crippen molar-refractivity contribution >= 4 is 23.5 Å². The van der Waals surface area contributed by atoms with Gasteiger partial charge in [0.25, 0.3) is 5.91 Å². The molecule has 0 fully saturated rings. The van der Waals surface area contributed by atoms with Crippen molar-refractivity contribution in [1.82, 2.24) is 5.32 Å². The van der Waals surface area contributed by atoms with Crippen LogP contribution in [0.3, 0.4) is 0 Å². The van der Waals surface area contributed by atoms with Gasteiger partial charge in [0.1, 0.15) is 5.76 Å². The average Bonchev–Trinajstić information content (AvgIpc) is 2.97. The monoisotopic (exact) mass is 307 g/mol. The summed E-state index contributed by atoms with van der Waals surface area (Å²) in [6.07, 6.45) is 0.111. The average molecular weight is 308 g/mol. The molecule has 0 bridgehead atoms. The molecular weight excluding hydrogens is 294 g/mol. The van der Waals surface area contributed by atoms with Gasteiger partial charge in [-0.2, -0.15) is 0 Å². The summed E-state index contributed by atoms with van der Waals surface area (Å²) in [6.45, 7) is 0.188. The van der Waals surface area contributed by atoms with Crippen LogP contribution in [0, 0.1) is 0 Å². The Morgan fingerprint density at radius 1 is 1.24 bits per heavy atom. The summed E-state index contributed by atoms with van der Waals surface area (Å²) in [5.41, 5.74) is 0.716. The van der Waals surface area contributed by atoms with Crippen LogP contribution in [-0.2, 0) is 9.53 Å². The minimum Gasteiger partial charge on any atom is -0.469 e. The number of benzene rings is 1. The third-order valence-corrected chi connectivity index (χ3v) is 3.14. The lowest BCUT2D eigenvalue weighted by Crippen LogP contribution is -2.25. The predicted octanol–water partition coefficient (Wildman–Crippen LogP) is 2.89. The molecule has 1 aromatic carbocycles. The van der Waals surface area contributed by atoms with Crippen LogP contribution in [0.1, 0.15) is 17.0 Å². The van der Waals surface area contributed by atoms with Crippen LogP contribution in [0.15, 0.2) is 40.8 Å². The van der Waals surface area contributed by atoms with Gasteiger partial charge < -0.3 is 14.5 Å². The van der Waals surface area contributed by atoms with Gasteiger partial charge in [0, 0.05) is 12.1 Å². The number of carbonyl (C=O) groups excluding carboxylic acids is 2.